The van der Waals surface area contributed by atoms with E-state index in [4.69, 9.17) is 19.2 Å². The number of ketones is 1. The van der Waals surface area contributed by atoms with Crippen molar-refractivity contribution in [1.29, 1.82) is 0 Å². The molecule has 0 fully saturated rings. The monoisotopic (exact) mass is 432 g/mol. The lowest BCUT2D eigenvalue weighted by atomic mass is 10.1. The van der Waals surface area contributed by atoms with E-state index in [-0.39, 0.29) is 11.5 Å². The van der Waals surface area contributed by atoms with E-state index in [2.05, 4.69) is 4.57 Å². The fourth-order valence-electron chi connectivity index (χ4n) is 3.51. The number of thioether (sulfide) groups is 1. The second-order valence-electron chi connectivity index (χ2n) is 6.99. The maximum Gasteiger partial charge on any atom is 0.174 e. The van der Waals surface area contributed by atoms with E-state index in [0.717, 1.165) is 27.6 Å². The third-order valence-corrected chi connectivity index (χ3v) is 6.00. The first-order valence-electron chi connectivity index (χ1n) is 9.90. The molecule has 31 heavy (non-hydrogen) atoms. The number of aromatic nitrogens is 2. The van der Waals surface area contributed by atoms with Gasteiger partial charge in [-0.2, -0.15) is 0 Å². The van der Waals surface area contributed by atoms with E-state index in [9.17, 15) is 4.79 Å². The number of Topliss-reactive ketones (excluding diaryl/α,β-unsaturated/α-hetero) is 1. The minimum atomic E-state index is 0.00955. The molecule has 0 saturated carbocycles. The average Bonchev–Trinajstić information content (AvgIpc) is 3.20. The zero-order valence-electron chi connectivity index (χ0n) is 16.9. The number of carbonyl (C=O) groups excluding carboxylic acids is 1. The zero-order valence-corrected chi connectivity index (χ0v) is 17.7. The van der Waals surface area contributed by atoms with Crippen LogP contribution in [-0.2, 0) is 0 Å². The summed E-state index contributed by atoms with van der Waals surface area (Å²) < 4.78 is 18.5. The molecule has 5 rings (SSSR count). The second-order valence-corrected chi connectivity index (χ2v) is 7.93. The van der Waals surface area contributed by atoms with Gasteiger partial charge in [0, 0.05) is 11.3 Å². The van der Waals surface area contributed by atoms with Crippen molar-refractivity contribution in [2.45, 2.75) is 5.16 Å². The first-order chi connectivity index (χ1) is 15.2. The molecule has 7 heteroatoms. The second kappa shape index (κ2) is 8.35. The number of methoxy groups -OCH3 is 1. The van der Waals surface area contributed by atoms with Crippen LogP contribution in [0.3, 0.4) is 0 Å². The Bertz CT molecular complexity index is 1250. The number of imidazole rings is 1. The van der Waals surface area contributed by atoms with Gasteiger partial charge in [0.1, 0.15) is 19.0 Å². The Morgan fingerprint density at radius 2 is 1.81 bits per heavy atom. The minimum absolute atomic E-state index is 0.00955. The van der Waals surface area contributed by atoms with Gasteiger partial charge in [0.15, 0.2) is 22.4 Å². The molecule has 2 heterocycles. The maximum absolute atomic E-state index is 12.9. The standard InChI is InChI=1S/C24H20N2O4S/c1-28-18-9-7-17(8-10-18)26-20-5-3-2-4-19(20)25-24(26)31-15-21(27)16-6-11-22-23(14-16)30-13-12-29-22/h2-11,14H,12-13,15H2,1H3. The zero-order chi connectivity index (χ0) is 21.2. The smallest absolute Gasteiger partial charge is 0.174 e. The summed E-state index contributed by atoms with van der Waals surface area (Å²) in [5.74, 6) is 2.36. The van der Waals surface area contributed by atoms with E-state index < -0.39 is 0 Å². The molecular weight excluding hydrogens is 412 g/mol. The van der Waals surface area contributed by atoms with E-state index in [1.54, 1.807) is 25.3 Å². The van der Waals surface area contributed by atoms with Crippen LogP contribution in [0.5, 0.6) is 17.2 Å². The lowest BCUT2D eigenvalue weighted by molar-refractivity contribution is 0.102. The highest BCUT2D eigenvalue weighted by atomic mass is 32.2. The van der Waals surface area contributed by atoms with Crippen LogP contribution in [0.2, 0.25) is 0 Å². The van der Waals surface area contributed by atoms with Crippen molar-refractivity contribution < 1.29 is 19.0 Å². The van der Waals surface area contributed by atoms with Crippen molar-refractivity contribution in [3.63, 3.8) is 0 Å². The molecule has 0 spiro atoms. The quantitative estimate of drug-likeness (QED) is 0.323. The number of nitrogens with zero attached hydrogens (tertiary/aromatic N) is 2. The van der Waals surface area contributed by atoms with E-state index in [0.29, 0.717) is 30.3 Å². The topological polar surface area (TPSA) is 62.6 Å². The molecule has 0 radical (unpaired) electrons. The Kier molecular flexibility index (Phi) is 5.26. The normalized spacial score (nSPS) is 12.7. The number of rotatable bonds is 6. The predicted molar refractivity (Wildman–Crippen MR) is 120 cm³/mol. The minimum Gasteiger partial charge on any atom is -0.497 e. The molecule has 0 saturated heterocycles. The van der Waals surface area contributed by atoms with Crippen LogP contribution < -0.4 is 14.2 Å². The van der Waals surface area contributed by atoms with Gasteiger partial charge >= 0.3 is 0 Å². The van der Waals surface area contributed by atoms with Gasteiger partial charge in [-0.05, 0) is 54.6 Å². The van der Waals surface area contributed by atoms with Gasteiger partial charge in [-0.25, -0.2) is 4.98 Å². The first-order valence-corrected chi connectivity index (χ1v) is 10.9. The van der Waals surface area contributed by atoms with Gasteiger partial charge in [-0.3, -0.25) is 9.36 Å². The largest absolute Gasteiger partial charge is 0.497 e. The van der Waals surface area contributed by atoms with Crippen LogP contribution >= 0.6 is 11.8 Å². The van der Waals surface area contributed by atoms with E-state index in [1.165, 1.54) is 11.8 Å². The Balaban J connectivity index is 1.43. The molecule has 3 aromatic carbocycles. The van der Waals surface area contributed by atoms with Gasteiger partial charge in [0.05, 0.1) is 23.9 Å². The molecular formula is C24H20N2O4S. The molecule has 1 aromatic heterocycles. The Morgan fingerprint density at radius 1 is 1.03 bits per heavy atom. The van der Waals surface area contributed by atoms with Gasteiger partial charge in [-0.1, -0.05) is 23.9 Å². The van der Waals surface area contributed by atoms with Gasteiger partial charge in [0.25, 0.3) is 0 Å². The molecule has 0 unspecified atom stereocenters. The lowest BCUT2D eigenvalue weighted by Crippen LogP contribution is -2.16. The van der Waals surface area contributed by atoms with Crippen LogP contribution in [0.4, 0.5) is 0 Å². The summed E-state index contributed by atoms with van der Waals surface area (Å²) in [6.07, 6.45) is 0. The highest BCUT2D eigenvalue weighted by molar-refractivity contribution is 7.99. The summed E-state index contributed by atoms with van der Waals surface area (Å²) in [4.78, 5) is 17.6. The Hall–Kier alpha value is -3.45. The van der Waals surface area contributed by atoms with Crippen LogP contribution in [0.1, 0.15) is 10.4 Å². The number of carbonyl (C=O) groups is 1. The SMILES string of the molecule is COc1ccc(-n2c(SCC(=O)c3ccc4c(c3)OCCO4)nc3ccccc32)cc1. The number of para-hydroxylation sites is 2. The number of fused-ring (bicyclic) bond motifs is 2. The van der Waals surface area contributed by atoms with Crippen molar-refractivity contribution in [3.05, 3.63) is 72.3 Å². The Morgan fingerprint density at radius 3 is 2.61 bits per heavy atom. The number of benzene rings is 3. The lowest BCUT2D eigenvalue weighted by Gasteiger charge is -2.18. The highest BCUT2D eigenvalue weighted by Gasteiger charge is 2.18. The van der Waals surface area contributed by atoms with Crippen molar-refractivity contribution in [2.24, 2.45) is 0 Å². The van der Waals surface area contributed by atoms with Crippen LogP contribution in [-0.4, -0.2) is 41.4 Å². The molecule has 156 valence electrons. The Labute approximate surface area is 183 Å². The van der Waals surface area contributed by atoms with Crippen molar-refractivity contribution >= 4 is 28.6 Å². The number of hydrogen-bond acceptors (Lipinski definition) is 6. The fourth-order valence-corrected chi connectivity index (χ4v) is 4.43. The summed E-state index contributed by atoms with van der Waals surface area (Å²) in [7, 11) is 1.65. The molecule has 0 N–H and O–H groups in total. The predicted octanol–water partition coefficient (Wildman–Crippen LogP) is 4.78. The van der Waals surface area contributed by atoms with Gasteiger partial charge in [-0.15, -0.1) is 0 Å². The van der Waals surface area contributed by atoms with Crippen LogP contribution in [0.15, 0.2) is 71.9 Å². The van der Waals surface area contributed by atoms with Gasteiger partial charge in [0.2, 0.25) is 0 Å². The molecule has 1 aliphatic heterocycles. The molecule has 1 aliphatic rings. The van der Waals surface area contributed by atoms with Crippen molar-refractivity contribution in [1.82, 2.24) is 9.55 Å². The third-order valence-electron chi connectivity index (χ3n) is 5.06. The molecule has 0 amide bonds. The van der Waals surface area contributed by atoms with Crippen molar-refractivity contribution in [3.8, 4) is 22.9 Å². The number of hydrogen-bond donors (Lipinski definition) is 0. The first kappa shape index (κ1) is 19.5. The van der Waals surface area contributed by atoms with Crippen LogP contribution in [0, 0.1) is 0 Å². The van der Waals surface area contributed by atoms with E-state index >= 15 is 0 Å². The molecule has 0 bridgehead atoms. The molecule has 0 aliphatic carbocycles. The maximum atomic E-state index is 12.9. The van der Waals surface area contributed by atoms with E-state index in [1.807, 2.05) is 48.5 Å². The molecule has 6 nitrogen and oxygen atoms in total. The summed E-state index contributed by atoms with van der Waals surface area (Å²) >= 11 is 1.42. The summed E-state index contributed by atoms with van der Waals surface area (Å²) in [5.41, 5.74) is 3.43. The number of ether oxygens (including phenoxy) is 3. The summed E-state index contributed by atoms with van der Waals surface area (Å²) in [6.45, 7) is 1.02. The fraction of sp³-hybridized carbons (Fsp3) is 0.167. The molecule has 4 aromatic rings. The summed E-state index contributed by atoms with van der Waals surface area (Å²) in [5, 5.41) is 0.761. The van der Waals surface area contributed by atoms with Crippen LogP contribution in [0.25, 0.3) is 16.7 Å². The summed E-state index contributed by atoms with van der Waals surface area (Å²) in [6, 6.07) is 21.1. The van der Waals surface area contributed by atoms with Crippen molar-refractivity contribution in [2.75, 3.05) is 26.1 Å². The van der Waals surface area contributed by atoms with Gasteiger partial charge < -0.3 is 14.2 Å². The molecule has 0 atom stereocenters. The third kappa shape index (κ3) is 3.84. The average molecular weight is 433 g/mol. The highest BCUT2D eigenvalue weighted by Crippen LogP contribution is 2.32.